The van der Waals surface area contributed by atoms with E-state index in [2.05, 4.69) is 11.2 Å². The summed E-state index contributed by atoms with van der Waals surface area (Å²) in [7, 11) is 0. The molecule has 1 heterocycles. The van der Waals surface area contributed by atoms with Gasteiger partial charge >= 0.3 is 0 Å². The highest BCUT2D eigenvalue weighted by Gasteiger charge is 2.18. The molecule has 6 heteroatoms. The predicted octanol–water partition coefficient (Wildman–Crippen LogP) is 3.22. The van der Waals surface area contributed by atoms with Crippen LogP contribution >= 0.6 is 0 Å². The molecule has 0 atom stereocenters. The molecule has 0 aliphatic carbocycles. The molecule has 0 saturated heterocycles. The van der Waals surface area contributed by atoms with Crippen molar-refractivity contribution in [2.45, 2.75) is 26.4 Å². The molecule has 0 aliphatic heterocycles. The smallest absolute Gasteiger partial charge is 0.274 e. The first kappa shape index (κ1) is 20.0. The second kappa shape index (κ2) is 9.47. The lowest BCUT2D eigenvalue weighted by molar-refractivity contribution is 0.0734. The summed E-state index contributed by atoms with van der Waals surface area (Å²) in [5, 5.41) is 13.2. The molecule has 1 aromatic heterocycles. The summed E-state index contributed by atoms with van der Waals surface area (Å²) in [5.41, 5.74) is 2.44. The molecule has 0 radical (unpaired) electrons. The van der Waals surface area contributed by atoms with Gasteiger partial charge in [0.15, 0.2) is 0 Å². The maximum Gasteiger partial charge on any atom is 0.274 e. The topological polar surface area (TPSA) is 79.0 Å². The van der Waals surface area contributed by atoms with Crippen LogP contribution < -0.4 is 5.56 Å². The molecule has 0 bridgehead atoms. The maximum atomic E-state index is 13.1. The molecule has 0 unspecified atom stereocenters. The molecule has 2 aromatic carbocycles. The Hall–Kier alpha value is -3.72. The van der Waals surface area contributed by atoms with Crippen molar-refractivity contribution < 1.29 is 4.79 Å². The Kier molecular flexibility index (Phi) is 6.54. The van der Waals surface area contributed by atoms with E-state index in [-0.39, 0.29) is 17.2 Å². The first-order chi connectivity index (χ1) is 14.1. The van der Waals surface area contributed by atoms with Crippen molar-refractivity contribution >= 4 is 5.91 Å². The Morgan fingerprint density at radius 3 is 2.41 bits per heavy atom. The minimum Gasteiger partial charge on any atom is -0.333 e. The van der Waals surface area contributed by atoms with Crippen molar-refractivity contribution in [2.75, 3.05) is 6.54 Å². The number of aromatic nitrogens is 2. The van der Waals surface area contributed by atoms with E-state index < -0.39 is 0 Å². The van der Waals surface area contributed by atoms with Crippen LogP contribution in [0, 0.1) is 11.3 Å². The standard InChI is InChI=1S/C23H22N4O2/c1-2-14-26(16-20-10-8-18(15-24)9-11-20)23(29)21-12-13-22(28)27(25-21)17-19-6-4-3-5-7-19/h3-13H,2,14,16-17H2,1H3. The lowest BCUT2D eigenvalue weighted by Gasteiger charge is -2.22. The van der Waals surface area contributed by atoms with Crippen LogP contribution in [0.2, 0.25) is 0 Å². The summed E-state index contributed by atoms with van der Waals surface area (Å²) >= 11 is 0. The Bertz CT molecular complexity index is 1070. The third kappa shape index (κ3) is 5.17. The van der Waals surface area contributed by atoms with Crippen LogP contribution in [0.25, 0.3) is 0 Å². The van der Waals surface area contributed by atoms with Gasteiger partial charge in [0.2, 0.25) is 0 Å². The number of hydrogen-bond donors (Lipinski definition) is 0. The summed E-state index contributed by atoms with van der Waals surface area (Å²) in [4.78, 5) is 27.0. The van der Waals surface area contributed by atoms with Gasteiger partial charge in [-0.1, -0.05) is 49.4 Å². The average Bonchev–Trinajstić information content (AvgIpc) is 2.76. The summed E-state index contributed by atoms with van der Waals surface area (Å²) < 4.78 is 1.31. The van der Waals surface area contributed by atoms with Gasteiger partial charge in [0.1, 0.15) is 5.69 Å². The van der Waals surface area contributed by atoms with E-state index in [4.69, 9.17) is 5.26 Å². The Labute approximate surface area is 169 Å². The number of benzene rings is 2. The average molecular weight is 386 g/mol. The van der Waals surface area contributed by atoms with Crippen LogP contribution in [0.3, 0.4) is 0 Å². The molecule has 146 valence electrons. The molecule has 3 aromatic rings. The molecule has 0 N–H and O–H groups in total. The lowest BCUT2D eigenvalue weighted by atomic mass is 10.1. The van der Waals surface area contributed by atoms with Crippen molar-refractivity contribution in [1.82, 2.24) is 14.7 Å². The third-order valence-electron chi connectivity index (χ3n) is 4.50. The van der Waals surface area contributed by atoms with Gasteiger partial charge in [0.05, 0.1) is 18.2 Å². The van der Waals surface area contributed by atoms with Crippen LogP contribution in [0.5, 0.6) is 0 Å². The van der Waals surface area contributed by atoms with Crippen LogP contribution in [-0.4, -0.2) is 27.1 Å². The van der Waals surface area contributed by atoms with E-state index in [1.54, 1.807) is 17.0 Å². The molecule has 6 nitrogen and oxygen atoms in total. The molecule has 0 spiro atoms. The van der Waals surface area contributed by atoms with Crippen LogP contribution in [0.15, 0.2) is 71.5 Å². The molecule has 29 heavy (non-hydrogen) atoms. The van der Waals surface area contributed by atoms with E-state index in [0.717, 1.165) is 17.5 Å². The first-order valence-corrected chi connectivity index (χ1v) is 9.51. The number of amides is 1. The van der Waals surface area contributed by atoms with Gasteiger partial charge in [0, 0.05) is 19.2 Å². The van der Waals surface area contributed by atoms with E-state index in [0.29, 0.717) is 25.2 Å². The van der Waals surface area contributed by atoms with Gasteiger partial charge in [-0.2, -0.15) is 10.4 Å². The van der Waals surface area contributed by atoms with Gasteiger partial charge in [-0.25, -0.2) is 4.68 Å². The zero-order valence-electron chi connectivity index (χ0n) is 16.3. The van der Waals surface area contributed by atoms with Gasteiger partial charge in [-0.3, -0.25) is 9.59 Å². The molecule has 3 rings (SSSR count). The first-order valence-electron chi connectivity index (χ1n) is 9.51. The molecule has 0 saturated carbocycles. The minimum atomic E-state index is -0.250. The molecule has 0 aliphatic rings. The summed E-state index contributed by atoms with van der Waals surface area (Å²) in [6.45, 7) is 3.29. The summed E-state index contributed by atoms with van der Waals surface area (Å²) in [5.74, 6) is -0.224. The third-order valence-corrected chi connectivity index (χ3v) is 4.50. The Morgan fingerprint density at radius 2 is 1.76 bits per heavy atom. The molecule has 1 amide bonds. The highest BCUT2D eigenvalue weighted by atomic mass is 16.2. The fourth-order valence-electron chi connectivity index (χ4n) is 3.02. The zero-order valence-corrected chi connectivity index (χ0v) is 16.3. The summed E-state index contributed by atoms with van der Waals surface area (Å²) in [6, 6.07) is 21.7. The van der Waals surface area contributed by atoms with Crippen LogP contribution in [-0.2, 0) is 13.1 Å². The SMILES string of the molecule is CCCN(Cc1ccc(C#N)cc1)C(=O)c1ccc(=O)n(Cc2ccccc2)n1. The molecular weight excluding hydrogens is 364 g/mol. The summed E-state index contributed by atoms with van der Waals surface area (Å²) in [6.07, 6.45) is 0.797. The van der Waals surface area contributed by atoms with Crippen molar-refractivity contribution in [2.24, 2.45) is 0 Å². The number of nitrogens with zero attached hydrogens (tertiary/aromatic N) is 4. The van der Waals surface area contributed by atoms with Gasteiger partial charge in [-0.05, 0) is 35.7 Å². The number of rotatable bonds is 7. The molecule has 0 fully saturated rings. The molecular formula is C23H22N4O2. The second-order valence-electron chi connectivity index (χ2n) is 6.74. The minimum absolute atomic E-state index is 0.224. The van der Waals surface area contributed by atoms with Crippen LogP contribution in [0.4, 0.5) is 0 Å². The van der Waals surface area contributed by atoms with Crippen molar-refractivity contribution in [1.29, 1.82) is 5.26 Å². The number of carbonyl (C=O) groups is 1. The van der Waals surface area contributed by atoms with Crippen molar-refractivity contribution in [3.05, 3.63) is 99.5 Å². The fourth-order valence-corrected chi connectivity index (χ4v) is 3.02. The lowest BCUT2D eigenvalue weighted by Crippen LogP contribution is -2.34. The van der Waals surface area contributed by atoms with E-state index in [1.807, 2.05) is 49.4 Å². The van der Waals surface area contributed by atoms with Crippen molar-refractivity contribution in [3.8, 4) is 6.07 Å². The quantitative estimate of drug-likeness (QED) is 0.625. The van der Waals surface area contributed by atoms with E-state index >= 15 is 0 Å². The number of hydrogen-bond acceptors (Lipinski definition) is 4. The normalized spacial score (nSPS) is 10.3. The highest BCUT2D eigenvalue weighted by molar-refractivity contribution is 5.92. The second-order valence-corrected chi connectivity index (χ2v) is 6.74. The largest absolute Gasteiger partial charge is 0.333 e. The van der Waals surface area contributed by atoms with Gasteiger partial charge < -0.3 is 4.90 Å². The highest BCUT2D eigenvalue weighted by Crippen LogP contribution is 2.11. The Morgan fingerprint density at radius 1 is 1.03 bits per heavy atom. The van der Waals surface area contributed by atoms with Gasteiger partial charge in [0.25, 0.3) is 11.5 Å². The van der Waals surface area contributed by atoms with Crippen LogP contribution in [0.1, 0.15) is 40.5 Å². The number of carbonyl (C=O) groups excluding carboxylic acids is 1. The van der Waals surface area contributed by atoms with E-state index in [9.17, 15) is 9.59 Å². The zero-order chi connectivity index (χ0) is 20.6. The van der Waals surface area contributed by atoms with Crippen molar-refractivity contribution in [3.63, 3.8) is 0 Å². The Balaban J connectivity index is 1.82. The predicted molar refractivity (Wildman–Crippen MR) is 110 cm³/mol. The monoisotopic (exact) mass is 386 g/mol. The van der Waals surface area contributed by atoms with E-state index in [1.165, 1.54) is 16.8 Å². The number of nitriles is 1. The maximum absolute atomic E-state index is 13.1. The fraction of sp³-hybridized carbons (Fsp3) is 0.217. The van der Waals surface area contributed by atoms with Gasteiger partial charge in [-0.15, -0.1) is 0 Å².